The first-order chi connectivity index (χ1) is 13.4. The maximum atomic E-state index is 12.4. The van der Waals surface area contributed by atoms with Gasteiger partial charge in [0.2, 0.25) is 0 Å². The maximum Gasteiger partial charge on any atom is 0.337 e. The first-order valence-electron chi connectivity index (χ1n) is 9.12. The number of benzene rings is 1. The van der Waals surface area contributed by atoms with Crippen LogP contribution in [0.3, 0.4) is 0 Å². The van der Waals surface area contributed by atoms with Crippen LogP contribution in [-0.2, 0) is 9.53 Å². The molecule has 2 aromatic rings. The van der Waals surface area contributed by atoms with Crippen molar-refractivity contribution in [3.63, 3.8) is 0 Å². The summed E-state index contributed by atoms with van der Waals surface area (Å²) in [4.78, 5) is 28.7. The van der Waals surface area contributed by atoms with Crippen molar-refractivity contribution in [3.8, 4) is 5.69 Å². The van der Waals surface area contributed by atoms with E-state index in [1.165, 1.54) is 17.3 Å². The molecule has 1 aromatic heterocycles. The lowest BCUT2D eigenvalue weighted by atomic mass is 10.1. The number of urea groups is 1. The Labute approximate surface area is 168 Å². The van der Waals surface area contributed by atoms with E-state index in [1.54, 1.807) is 20.0 Å². The van der Waals surface area contributed by atoms with E-state index in [0.29, 0.717) is 17.0 Å². The van der Waals surface area contributed by atoms with Gasteiger partial charge in [0, 0.05) is 23.8 Å². The summed E-state index contributed by atoms with van der Waals surface area (Å²) in [5.41, 5.74) is 4.39. The Balaban J connectivity index is 1.86. The lowest BCUT2D eigenvalue weighted by molar-refractivity contribution is -0.138. The number of aromatic nitrogens is 2. The highest BCUT2D eigenvalue weighted by molar-refractivity contribution is 7.99. The summed E-state index contributed by atoms with van der Waals surface area (Å²) in [6, 6.07) is 5.51. The number of imidazole rings is 1. The lowest BCUT2D eigenvalue weighted by Gasteiger charge is -2.26. The number of aryl methyl sites for hydroxylation is 2. The van der Waals surface area contributed by atoms with Gasteiger partial charge in [-0.15, -0.1) is 0 Å². The Morgan fingerprint density at radius 2 is 2.14 bits per heavy atom. The fourth-order valence-corrected chi connectivity index (χ4v) is 4.12. The molecule has 0 bridgehead atoms. The van der Waals surface area contributed by atoms with Crippen LogP contribution in [0, 0.1) is 13.8 Å². The second-order valence-electron chi connectivity index (χ2n) is 6.59. The van der Waals surface area contributed by atoms with Gasteiger partial charge in [0.25, 0.3) is 0 Å². The summed E-state index contributed by atoms with van der Waals surface area (Å²) in [6.07, 6.45) is 3.65. The fourth-order valence-electron chi connectivity index (χ4n) is 3.19. The van der Waals surface area contributed by atoms with Crippen molar-refractivity contribution in [3.05, 3.63) is 53.0 Å². The van der Waals surface area contributed by atoms with Crippen LogP contribution in [-0.4, -0.2) is 40.0 Å². The molecular formula is C20H24N4O3S. The Morgan fingerprint density at radius 3 is 2.86 bits per heavy atom. The predicted octanol–water partition coefficient (Wildman–Crippen LogP) is 3.10. The van der Waals surface area contributed by atoms with Gasteiger partial charge in [0.05, 0.1) is 23.9 Å². The molecule has 3 rings (SSSR count). The minimum absolute atomic E-state index is 0.278. The number of carbonyl (C=O) groups excluding carboxylic acids is 2. The molecule has 0 saturated heterocycles. The SMILES string of the molecule is CCOC(=O)C1=C(CSc2nccn2-c2ccc(C)cc2C)NC(=O)NC1C. The van der Waals surface area contributed by atoms with E-state index in [0.717, 1.165) is 16.4 Å². The highest BCUT2D eigenvalue weighted by Gasteiger charge is 2.29. The zero-order valence-electron chi connectivity index (χ0n) is 16.4. The molecule has 0 spiro atoms. The Kier molecular flexibility index (Phi) is 6.08. The van der Waals surface area contributed by atoms with Gasteiger partial charge in [0.15, 0.2) is 5.16 Å². The molecule has 0 radical (unpaired) electrons. The van der Waals surface area contributed by atoms with Gasteiger partial charge in [-0.1, -0.05) is 29.5 Å². The number of ether oxygens (including phenoxy) is 1. The Hall–Kier alpha value is -2.74. The average molecular weight is 401 g/mol. The van der Waals surface area contributed by atoms with Crippen molar-refractivity contribution in [1.82, 2.24) is 20.2 Å². The summed E-state index contributed by atoms with van der Waals surface area (Å²) in [7, 11) is 0. The van der Waals surface area contributed by atoms with Crippen LogP contribution in [0.4, 0.5) is 4.79 Å². The lowest BCUT2D eigenvalue weighted by Crippen LogP contribution is -2.49. The number of rotatable bonds is 6. The van der Waals surface area contributed by atoms with Crippen LogP contribution in [0.15, 0.2) is 47.0 Å². The van der Waals surface area contributed by atoms with Gasteiger partial charge in [-0.3, -0.25) is 4.57 Å². The highest BCUT2D eigenvalue weighted by Crippen LogP contribution is 2.26. The standard InChI is InChI=1S/C20H24N4O3S/c1-5-27-18(25)17-14(4)22-19(26)23-15(17)11-28-20-21-8-9-24(20)16-7-6-12(2)10-13(16)3/h6-10,14H,5,11H2,1-4H3,(H2,22,23,26). The topological polar surface area (TPSA) is 85.2 Å². The molecule has 2 amide bonds. The van der Waals surface area contributed by atoms with Crippen LogP contribution in [0.5, 0.6) is 0 Å². The summed E-state index contributed by atoms with van der Waals surface area (Å²) >= 11 is 1.45. The van der Waals surface area contributed by atoms with E-state index >= 15 is 0 Å². The molecule has 1 aliphatic heterocycles. The maximum absolute atomic E-state index is 12.4. The highest BCUT2D eigenvalue weighted by atomic mass is 32.2. The molecule has 28 heavy (non-hydrogen) atoms. The molecule has 7 nitrogen and oxygen atoms in total. The summed E-state index contributed by atoms with van der Waals surface area (Å²) in [5, 5.41) is 6.23. The van der Waals surface area contributed by atoms with Gasteiger partial charge < -0.3 is 15.4 Å². The normalized spacial score (nSPS) is 16.6. The van der Waals surface area contributed by atoms with E-state index in [4.69, 9.17) is 4.74 Å². The van der Waals surface area contributed by atoms with Crippen molar-refractivity contribution in [2.24, 2.45) is 0 Å². The molecule has 1 aliphatic rings. The van der Waals surface area contributed by atoms with Crippen LogP contribution in [0.1, 0.15) is 25.0 Å². The minimum Gasteiger partial charge on any atom is -0.463 e. The largest absolute Gasteiger partial charge is 0.463 e. The first-order valence-corrected chi connectivity index (χ1v) is 10.1. The summed E-state index contributed by atoms with van der Waals surface area (Å²) in [5.74, 6) is -0.0239. The zero-order valence-corrected chi connectivity index (χ0v) is 17.2. The average Bonchev–Trinajstić information content (AvgIpc) is 3.07. The molecule has 2 N–H and O–H groups in total. The number of hydrogen-bond donors (Lipinski definition) is 2. The third-order valence-corrected chi connectivity index (χ3v) is 5.42. The molecule has 2 heterocycles. The number of thioether (sulfide) groups is 1. The third-order valence-electron chi connectivity index (χ3n) is 4.43. The zero-order chi connectivity index (χ0) is 20.3. The quantitative estimate of drug-likeness (QED) is 0.575. The van der Waals surface area contributed by atoms with Crippen molar-refractivity contribution in [2.45, 2.75) is 38.9 Å². The van der Waals surface area contributed by atoms with Gasteiger partial charge >= 0.3 is 12.0 Å². The van der Waals surface area contributed by atoms with Gasteiger partial charge in [0.1, 0.15) is 0 Å². The van der Waals surface area contributed by atoms with E-state index in [-0.39, 0.29) is 12.6 Å². The smallest absolute Gasteiger partial charge is 0.337 e. The monoisotopic (exact) mass is 400 g/mol. The van der Waals surface area contributed by atoms with E-state index in [2.05, 4.69) is 47.7 Å². The Morgan fingerprint density at radius 1 is 1.36 bits per heavy atom. The molecular weight excluding hydrogens is 376 g/mol. The summed E-state index contributed by atoms with van der Waals surface area (Å²) in [6.45, 7) is 7.93. The van der Waals surface area contributed by atoms with E-state index < -0.39 is 12.0 Å². The van der Waals surface area contributed by atoms with Gasteiger partial charge in [-0.25, -0.2) is 14.6 Å². The van der Waals surface area contributed by atoms with Crippen molar-refractivity contribution < 1.29 is 14.3 Å². The predicted molar refractivity (Wildman–Crippen MR) is 109 cm³/mol. The van der Waals surface area contributed by atoms with Gasteiger partial charge in [-0.05, 0) is 39.3 Å². The van der Waals surface area contributed by atoms with Crippen LogP contribution >= 0.6 is 11.8 Å². The number of carbonyl (C=O) groups is 2. The molecule has 8 heteroatoms. The first kappa shape index (κ1) is 20.0. The summed E-state index contributed by atoms with van der Waals surface area (Å²) < 4.78 is 7.17. The van der Waals surface area contributed by atoms with Crippen LogP contribution < -0.4 is 10.6 Å². The second kappa shape index (κ2) is 8.52. The van der Waals surface area contributed by atoms with Crippen LogP contribution in [0.2, 0.25) is 0 Å². The molecule has 0 saturated carbocycles. The van der Waals surface area contributed by atoms with Crippen molar-refractivity contribution in [2.75, 3.05) is 12.4 Å². The Bertz CT molecular complexity index is 935. The molecule has 0 fully saturated rings. The minimum atomic E-state index is -0.421. The molecule has 148 valence electrons. The molecule has 0 aliphatic carbocycles. The number of esters is 1. The van der Waals surface area contributed by atoms with E-state index in [1.807, 2.05) is 10.8 Å². The van der Waals surface area contributed by atoms with E-state index in [9.17, 15) is 9.59 Å². The van der Waals surface area contributed by atoms with Crippen molar-refractivity contribution >= 4 is 23.8 Å². The molecule has 1 atom stereocenters. The number of nitrogens with one attached hydrogen (secondary N) is 2. The number of nitrogens with zero attached hydrogens (tertiary/aromatic N) is 2. The second-order valence-corrected chi connectivity index (χ2v) is 7.53. The third kappa shape index (κ3) is 4.22. The molecule has 1 unspecified atom stereocenters. The number of hydrogen-bond acceptors (Lipinski definition) is 5. The number of amides is 2. The molecule has 1 aromatic carbocycles. The van der Waals surface area contributed by atoms with Gasteiger partial charge in [-0.2, -0.15) is 0 Å². The fraction of sp³-hybridized carbons (Fsp3) is 0.350. The van der Waals surface area contributed by atoms with Crippen molar-refractivity contribution in [1.29, 1.82) is 0 Å². The van der Waals surface area contributed by atoms with Crippen LogP contribution in [0.25, 0.3) is 5.69 Å².